The summed E-state index contributed by atoms with van der Waals surface area (Å²) in [6, 6.07) is 17.0. The third kappa shape index (κ3) is 2.50. The van der Waals surface area contributed by atoms with Crippen LogP contribution in [0, 0.1) is 5.92 Å². The van der Waals surface area contributed by atoms with E-state index in [0.29, 0.717) is 24.4 Å². The number of anilines is 1. The van der Waals surface area contributed by atoms with Gasteiger partial charge in [0.1, 0.15) is 0 Å². The highest BCUT2D eigenvalue weighted by Gasteiger charge is 2.37. The van der Waals surface area contributed by atoms with E-state index in [4.69, 9.17) is 0 Å². The second kappa shape index (κ2) is 6.16. The molecule has 24 heavy (non-hydrogen) atoms. The Balaban J connectivity index is 1.72. The zero-order valence-corrected chi connectivity index (χ0v) is 13.8. The summed E-state index contributed by atoms with van der Waals surface area (Å²) in [7, 11) is 0. The molecule has 1 aliphatic carbocycles. The van der Waals surface area contributed by atoms with Crippen LogP contribution in [-0.4, -0.2) is 12.5 Å². The Morgan fingerprint density at radius 3 is 2.83 bits per heavy atom. The van der Waals surface area contributed by atoms with Gasteiger partial charge in [0.05, 0.1) is 6.04 Å². The molecule has 2 aromatic rings. The summed E-state index contributed by atoms with van der Waals surface area (Å²) in [5.41, 5.74) is 4.46. The van der Waals surface area contributed by atoms with Crippen molar-refractivity contribution in [3.63, 3.8) is 0 Å². The van der Waals surface area contributed by atoms with Crippen molar-refractivity contribution in [3.05, 3.63) is 77.4 Å². The number of benzene rings is 2. The largest absolute Gasteiger partial charge is 0.378 e. The lowest BCUT2D eigenvalue weighted by atomic mass is 9.76. The molecule has 3 atom stereocenters. The monoisotopic (exact) mass is 318 g/mol. The minimum absolute atomic E-state index is 0.00371. The first kappa shape index (κ1) is 15.0. The lowest BCUT2D eigenvalue weighted by molar-refractivity contribution is 0.0955. The Morgan fingerprint density at radius 2 is 2.04 bits per heavy atom. The highest BCUT2D eigenvalue weighted by atomic mass is 16.1. The number of allylic oxidation sites excluding steroid dienone is 2. The molecule has 0 spiro atoms. The van der Waals surface area contributed by atoms with Crippen molar-refractivity contribution in [1.29, 1.82) is 0 Å². The molecule has 0 bridgehead atoms. The summed E-state index contributed by atoms with van der Waals surface area (Å²) in [5, 5.41) is 6.60. The summed E-state index contributed by atoms with van der Waals surface area (Å²) in [6.07, 6.45) is 5.66. The first-order valence-electron chi connectivity index (χ1n) is 8.68. The maximum atomic E-state index is 12.2. The van der Waals surface area contributed by atoms with Crippen LogP contribution in [0.15, 0.2) is 60.7 Å². The molecule has 2 aliphatic rings. The highest BCUT2D eigenvalue weighted by Crippen LogP contribution is 2.49. The molecule has 3 heteroatoms. The van der Waals surface area contributed by atoms with Crippen LogP contribution in [-0.2, 0) is 0 Å². The maximum Gasteiger partial charge on any atom is 0.251 e. The Kier molecular flexibility index (Phi) is 3.85. The molecular formula is C21H22N2O. The summed E-state index contributed by atoms with van der Waals surface area (Å²) in [6.45, 7) is 2.59. The zero-order valence-electron chi connectivity index (χ0n) is 13.8. The fourth-order valence-corrected chi connectivity index (χ4v) is 3.99. The summed E-state index contributed by atoms with van der Waals surface area (Å²) >= 11 is 0. The van der Waals surface area contributed by atoms with Gasteiger partial charge in [0, 0.05) is 23.7 Å². The topological polar surface area (TPSA) is 41.1 Å². The summed E-state index contributed by atoms with van der Waals surface area (Å²) in [5.74, 6) is 0.884. The molecule has 0 fully saturated rings. The van der Waals surface area contributed by atoms with Crippen LogP contribution in [0.4, 0.5) is 5.69 Å². The Labute approximate surface area is 142 Å². The predicted octanol–water partition coefficient (Wildman–Crippen LogP) is 4.26. The lowest BCUT2D eigenvalue weighted by Crippen LogP contribution is -2.30. The number of rotatable bonds is 3. The molecular weight excluding hydrogens is 296 g/mol. The third-order valence-electron chi connectivity index (χ3n) is 5.12. The maximum absolute atomic E-state index is 12.2. The van der Waals surface area contributed by atoms with Gasteiger partial charge in [-0.05, 0) is 48.6 Å². The SMILES string of the molecule is CCNC(=O)c1ccc2c(c1)C1C=CCC1C(c1ccccc1)N2. The van der Waals surface area contributed by atoms with Gasteiger partial charge in [-0.3, -0.25) is 4.79 Å². The van der Waals surface area contributed by atoms with Gasteiger partial charge in [-0.25, -0.2) is 0 Å². The van der Waals surface area contributed by atoms with E-state index in [0.717, 1.165) is 17.7 Å². The van der Waals surface area contributed by atoms with Crippen LogP contribution in [0.5, 0.6) is 0 Å². The van der Waals surface area contributed by atoms with Crippen molar-refractivity contribution in [1.82, 2.24) is 5.32 Å². The van der Waals surface area contributed by atoms with E-state index >= 15 is 0 Å². The molecule has 4 rings (SSSR count). The van der Waals surface area contributed by atoms with Gasteiger partial charge in [0.2, 0.25) is 0 Å². The van der Waals surface area contributed by atoms with Crippen molar-refractivity contribution in [2.45, 2.75) is 25.3 Å². The van der Waals surface area contributed by atoms with E-state index in [9.17, 15) is 4.79 Å². The van der Waals surface area contributed by atoms with Crippen LogP contribution in [0.2, 0.25) is 0 Å². The first-order chi connectivity index (χ1) is 11.8. The van der Waals surface area contributed by atoms with Crippen LogP contribution in [0.3, 0.4) is 0 Å². The third-order valence-corrected chi connectivity index (χ3v) is 5.12. The second-order valence-electron chi connectivity index (χ2n) is 6.55. The van der Waals surface area contributed by atoms with E-state index in [1.165, 1.54) is 11.1 Å². The molecule has 3 nitrogen and oxygen atoms in total. The van der Waals surface area contributed by atoms with Crippen molar-refractivity contribution in [2.24, 2.45) is 5.92 Å². The zero-order chi connectivity index (χ0) is 16.5. The predicted molar refractivity (Wildman–Crippen MR) is 97.2 cm³/mol. The van der Waals surface area contributed by atoms with Crippen molar-refractivity contribution < 1.29 is 4.79 Å². The van der Waals surface area contributed by atoms with Gasteiger partial charge in [0.15, 0.2) is 0 Å². The minimum atomic E-state index is 0.00371. The second-order valence-corrected chi connectivity index (χ2v) is 6.55. The standard InChI is InChI=1S/C21H22N2O/c1-2-22-21(24)15-11-12-19-18(13-15)16-9-6-10-17(16)20(23-19)14-7-4-3-5-8-14/h3-9,11-13,16-17,20,23H,2,10H2,1H3,(H,22,24). The fourth-order valence-electron chi connectivity index (χ4n) is 3.99. The first-order valence-corrected chi connectivity index (χ1v) is 8.68. The van der Waals surface area contributed by atoms with Crippen LogP contribution >= 0.6 is 0 Å². The molecule has 0 saturated heterocycles. The number of carbonyl (C=O) groups excluding carboxylic acids is 1. The van der Waals surface area contributed by atoms with E-state index in [1.54, 1.807) is 0 Å². The average Bonchev–Trinajstić information content (AvgIpc) is 3.11. The number of hydrogen-bond acceptors (Lipinski definition) is 2. The van der Waals surface area contributed by atoms with Crippen LogP contribution in [0.25, 0.3) is 0 Å². The molecule has 1 aliphatic heterocycles. The minimum Gasteiger partial charge on any atom is -0.378 e. The quantitative estimate of drug-likeness (QED) is 0.830. The fraction of sp³-hybridized carbons (Fsp3) is 0.286. The normalized spacial score (nSPS) is 24.0. The molecule has 122 valence electrons. The number of hydrogen-bond donors (Lipinski definition) is 2. The summed E-state index contributed by atoms with van der Waals surface area (Å²) < 4.78 is 0. The van der Waals surface area contributed by atoms with Gasteiger partial charge in [-0.2, -0.15) is 0 Å². The van der Waals surface area contributed by atoms with E-state index in [1.807, 2.05) is 13.0 Å². The van der Waals surface area contributed by atoms with Gasteiger partial charge in [-0.15, -0.1) is 0 Å². The van der Waals surface area contributed by atoms with Gasteiger partial charge in [0.25, 0.3) is 5.91 Å². The Morgan fingerprint density at radius 1 is 1.21 bits per heavy atom. The number of carbonyl (C=O) groups is 1. The lowest BCUT2D eigenvalue weighted by Gasteiger charge is -2.37. The Bertz CT molecular complexity index is 782. The van der Waals surface area contributed by atoms with Gasteiger partial charge < -0.3 is 10.6 Å². The summed E-state index contributed by atoms with van der Waals surface area (Å²) in [4.78, 5) is 12.2. The highest BCUT2D eigenvalue weighted by molar-refractivity contribution is 5.95. The van der Waals surface area contributed by atoms with E-state index in [2.05, 4.69) is 65.3 Å². The number of amides is 1. The molecule has 0 aromatic heterocycles. The Hall–Kier alpha value is -2.55. The molecule has 3 unspecified atom stereocenters. The van der Waals surface area contributed by atoms with Crippen molar-refractivity contribution in [2.75, 3.05) is 11.9 Å². The van der Waals surface area contributed by atoms with Crippen molar-refractivity contribution >= 4 is 11.6 Å². The van der Waals surface area contributed by atoms with Gasteiger partial charge in [-0.1, -0.05) is 42.5 Å². The molecule has 0 radical (unpaired) electrons. The van der Waals surface area contributed by atoms with Crippen LogP contribution in [0.1, 0.15) is 46.8 Å². The molecule has 2 aromatic carbocycles. The molecule has 2 N–H and O–H groups in total. The average molecular weight is 318 g/mol. The van der Waals surface area contributed by atoms with E-state index < -0.39 is 0 Å². The molecule has 0 saturated carbocycles. The number of nitrogens with one attached hydrogen (secondary N) is 2. The van der Waals surface area contributed by atoms with E-state index in [-0.39, 0.29) is 5.91 Å². The number of fused-ring (bicyclic) bond motifs is 3. The molecule has 1 heterocycles. The van der Waals surface area contributed by atoms with Crippen LogP contribution < -0.4 is 10.6 Å². The molecule has 1 amide bonds. The van der Waals surface area contributed by atoms with Crippen molar-refractivity contribution in [3.8, 4) is 0 Å². The smallest absolute Gasteiger partial charge is 0.251 e. The van der Waals surface area contributed by atoms with Gasteiger partial charge >= 0.3 is 0 Å².